The molecule has 0 aliphatic heterocycles. The minimum Gasteiger partial charge on any atom is -0.263 e. The molecule has 3 rings (SSSR count). The normalized spacial score (nSPS) is 13.2. The summed E-state index contributed by atoms with van der Waals surface area (Å²) in [5, 5.41) is 2.51. The molecule has 1 nitrogen and oxygen atoms in total. The number of rotatable bonds is 2. The molecule has 0 bridgehead atoms. The summed E-state index contributed by atoms with van der Waals surface area (Å²) < 4.78 is 0. The van der Waals surface area contributed by atoms with Crippen LogP contribution < -0.4 is 0 Å². The molecule has 76 valence electrons. The van der Waals surface area contributed by atoms with E-state index in [0.29, 0.717) is 0 Å². The molecule has 0 saturated carbocycles. The van der Waals surface area contributed by atoms with Crippen LogP contribution in [0.3, 0.4) is 0 Å². The van der Waals surface area contributed by atoms with Gasteiger partial charge in [-0.05, 0) is 23.1 Å². The van der Waals surface area contributed by atoms with E-state index in [4.69, 9.17) is 0 Å². The Kier molecular flexibility index (Phi) is 1.80. The molecule has 0 amide bonds. The fraction of sp³-hybridized carbons (Fsp3) is 0. The Morgan fingerprint density at radius 2 is 1.69 bits per heavy atom. The van der Waals surface area contributed by atoms with Gasteiger partial charge in [0.15, 0.2) is 0 Å². The number of nitrogens with zero attached hydrogens (tertiary/aromatic N) is 1. The van der Waals surface area contributed by atoms with Gasteiger partial charge in [-0.25, -0.2) is 0 Å². The molecule has 0 N–H and O–H groups in total. The lowest BCUT2D eigenvalue weighted by Crippen LogP contribution is -1.79. The van der Waals surface area contributed by atoms with Crippen molar-refractivity contribution in [3.8, 4) is 0 Å². The average molecular weight is 205 g/mol. The number of aliphatic imine (C=N–C) groups is 1. The summed E-state index contributed by atoms with van der Waals surface area (Å²) in [5.41, 5.74) is 4.41. The van der Waals surface area contributed by atoms with E-state index < -0.39 is 0 Å². The first-order valence-electron chi connectivity index (χ1n) is 5.22. The minimum absolute atomic E-state index is 0.946. The predicted molar refractivity (Wildman–Crippen MR) is 70.5 cm³/mol. The van der Waals surface area contributed by atoms with Crippen LogP contribution in [0.4, 0.5) is 0 Å². The van der Waals surface area contributed by atoms with E-state index in [-0.39, 0.29) is 0 Å². The third-order valence-electron chi connectivity index (χ3n) is 3.07. The second kappa shape index (κ2) is 3.17. The van der Waals surface area contributed by atoms with Crippen molar-refractivity contribution in [1.82, 2.24) is 0 Å². The van der Waals surface area contributed by atoms with Crippen molar-refractivity contribution in [1.29, 1.82) is 0 Å². The van der Waals surface area contributed by atoms with Gasteiger partial charge in [-0.3, -0.25) is 4.99 Å². The van der Waals surface area contributed by atoms with Gasteiger partial charge in [0.1, 0.15) is 0 Å². The van der Waals surface area contributed by atoms with Crippen LogP contribution >= 0.6 is 0 Å². The zero-order chi connectivity index (χ0) is 11.1. The van der Waals surface area contributed by atoms with E-state index in [0.717, 1.165) is 16.8 Å². The average Bonchev–Trinajstić information content (AvgIpc) is 2.65. The smallest absolute Gasteiger partial charge is 0.0779 e. The van der Waals surface area contributed by atoms with Gasteiger partial charge in [0.25, 0.3) is 0 Å². The third kappa shape index (κ3) is 0.974. The van der Waals surface area contributed by atoms with E-state index in [1.54, 1.807) is 0 Å². The van der Waals surface area contributed by atoms with Gasteiger partial charge in [-0.1, -0.05) is 49.1 Å². The molecule has 1 heteroatoms. The van der Waals surface area contributed by atoms with Crippen LogP contribution in [0.15, 0.2) is 54.0 Å². The van der Waals surface area contributed by atoms with Crippen LogP contribution in [0, 0.1) is 0 Å². The van der Waals surface area contributed by atoms with Gasteiger partial charge < -0.3 is 0 Å². The molecule has 0 saturated heterocycles. The molecule has 0 atom stereocenters. The Balaban J connectivity index is 2.54. The first-order valence-corrected chi connectivity index (χ1v) is 5.22. The highest BCUT2D eigenvalue weighted by molar-refractivity contribution is 6.15. The van der Waals surface area contributed by atoms with Crippen LogP contribution in [0.5, 0.6) is 0 Å². The molecule has 2 aromatic rings. The predicted octanol–water partition coefficient (Wildman–Crippen LogP) is 3.91. The van der Waals surface area contributed by atoms with Crippen molar-refractivity contribution >= 4 is 28.8 Å². The fourth-order valence-corrected chi connectivity index (χ4v) is 2.41. The Bertz CT molecular complexity index is 595. The first kappa shape index (κ1) is 9.10. The van der Waals surface area contributed by atoms with E-state index in [2.05, 4.69) is 54.7 Å². The molecule has 1 aliphatic rings. The van der Waals surface area contributed by atoms with Crippen molar-refractivity contribution in [3.63, 3.8) is 0 Å². The molecule has 0 heterocycles. The summed E-state index contributed by atoms with van der Waals surface area (Å²) in [6.45, 7) is 7.52. The van der Waals surface area contributed by atoms with Gasteiger partial charge in [0.2, 0.25) is 0 Å². The van der Waals surface area contributed by atoms with Crippen molar-refractivity contribution in [2.75, 3.05) is 0 Å². The maximum Gasteiger partial charge on any atom is 0.0779 e. The zero-order valence-electron chi connectivity index (χ0n) is 8.90. The molecule has 2 aromatic carbocycles. The fourth-order valence-electron chi connectivity index (χ4n) is 2.41. The van der Waals surface area contributed by atoms with Crippen molar-refractivity contribution in [3.05, 3.63) is 60.2 Å². The first-order chi connectivity index (χ1) is 7.86. The minimum atomic E-state index is 0.946. The second-order valence-corrected chi connectivity index (χ2v) is 3.83. The SMILES string of the molecule is C=CC1=C(N=C)c2cccc3cccc1c23. The number of benzene rings is 2. The van der Waals surface area contributed by atoms with Gasteiger partial charge >= 0.3 is 0 Å². The summed E-state index contributed by atoms with van der Waals surface area (Å²) in [4.78, 5) is 4.14. The quantitative estimate of drug-likeness (QED) is 0.659. The van der Waals surface area contributed by atoms with E-state index in [1.807, 2.05) is 6.08 Å². The largest absolute Gasteiger partial charge is 0.263 e. The van der Waals surface area contributed by atoms with E-state index >= 15 is 0 Å². The van der Waals surface area contributed by atoms with Crippen molar-refractivity contribution < 1.29 is 0 Å². The lowest BCUT2D eigenvalue weighted by Gasteiger charge is -2.01. The Morgan fingerprint density at radius 1 is 1.00 bits per heavy atom. The Hall–Kier alpha value is -2.15. The topological polar surface area (TPSA) is 12.4 Å². The van der Waals surface area contributed by atoms with Crippen molar-refractivity contribution in [2.45, 2.75) is 0 Å². The second-order valence-electron chi connectivity index (χ2n) is 3.83. The molecule has 0 unspecified atom stereocenters. The zero-order valence-corrected chi connectivity index (χ0v) is 8.90. The highest BCUT2D eigenvalue weighted by Crippen LogP contribution is 2.42. The number of hydrogen-bond acceptors (Lipinski definition) is 1. The lowest BCUT2D eigenvalue weighted by molar-refractivity contribution is 1.61. The van der Waals surface area contributed by atoms with Crippen molar-refractivity contribution in [2.24, 2.45) is 4.99 Å². The van der Waals surface area contributed by atoms with Crippen LogP contribution in [0.25, 0.3) is 22.0 Å². The maximum absolute atomic E-state index is 4.14. The van der Waals surface area contributed by atoms with Crippen LogP contribution in [-0.4, -0.2) is 6.72 Å². The van der Waals surface area contributed by atoms with E-state index in [9.17, 15) is 0 Å². The monoisotopic (exact) mass is 205 g/mol. The summed E-state index contributed by atoms with van der Waals surface area (Å²) >= 11 is 0. The third-order valence-corrected chi connectivity index (χ3v) is 3.07. The summed E-state index contributed by atoms with van der Waals surface area (Å²) in [7, 11) is 0. The standard InChI is InChI=1S/C15H11N/c1-3-11-12-8-4-6-10-7-5-9-13(14(10)12)15(11)16-2/h3-9H,1-2H2. The molecule has 0 aromatic heterocycles. The van der Waals surface area contributed by atoms with Gasteiger partial charge in [0.05, 0.1) is 5.70 Å². The van der Waals surface area contributed by atoms with Crippen LogP contribution in [0.2, 0.25) is 0 Å². The maximum atomic E-state index is 4.14. The van der Waals surface area contributed by atoms with Gasteiger partial charge in [-0.15, -0.1) is 0 Å². The molecule has 0 radical (unpaired) electrons. The highest BCUT2D eigenvalue weighted by atomic mass is 14.7. The molecule has 16 heavy (non-hydrogen) atoms. The lowest BCUT2D eigenvalue weighted by atomic mass is 10.0. The summed E-state index contributed by atoms with van der Waals surface area (Å²) in [6.07, 6.45) is 1.86. The van der Waals surface area contributed by atoms with Gasteiger partial charge in [0, 0.05) is 11.1 Å². The molecular formula is C15H11N. The number of allylic oxidation sites excluding steroid dienone is 2. The van der Waals surface area contributed by atoms with E-state index in [1.165, 1.54) is 16.3 Å². The highest BCUT2D eigenvalue weighted by Gasteiger charge is 2.20. The van der Waals surface area contributed by atoms with Gasteiger partial charge in [-0.2, -0.15) is 0 Å². The van der Waals surface area contributed by atoms with Crippen LogP contribution in [0.1, 0.15) is 11.1 Å². The molecule has 0 spiro atoms. The molecule has 1 aliphatic carbocycles. The van der Waals surface area contributed by atoms with Crippen LogP contribution in [-0.2, 0) is 0 Å². The molecular weight excluding hydrogens is 194 g/mol. The summed E-state index contributed by atoms with van der Waals surface area (Å²) in [6, 6.07) is 12.6. The summed E-state index contributed by atoms with van der Waals surface area (Å²) in [5.74, 6) is 0. The number of hydrogen-bond donors (Lipinski definition) is 0. The Morgan fingerprint density at radius 3 is 2.31 bits per heavy atom. The Labute approximate surface area is 94.4 Å². The molecule has 0 fully saturated rings.